The molecule has 4 rings (SSSR count). The Labute approximate surface area is 176 Å². The van der Waals surface area contributed by atoms with Crippen LogP contribution in [0.15, 0.2) is 18.5 Å². The van der Waals surface area contributed by atoms with Gasteiger partial charge in [0.1, 0.15) is 0 Å². The van der Waals surface area contributed by atoms with Gasteiger partial charge in [0.25, 0.3) is 0 Å². The summed E-state index contributed by atoms with van der Waals surface area (Å²) >= 11 is 0. The normalized spacial score (nSPS) is 39.1. The van der Waals surface area contributed by atoms with Crippen molar-refractivity contribution in [2.24, 2.45) is 40.9 Å². The van der Waals surface area contributed by atoms with Gasteiger partial charge in [-0.25, -0.2) is 0 Å². The molecule has 1 heterocycles. The van der Waals surface area contributed by atoms with Gasteiger partial charge in [0.15, 0.2) is 5.78 Å². The quantitative estimate of drug-likeness (QED) is 0.660. The number of Topliss-reactive ketones (excluding diaryl/α,β-unsaturated/α-hetero) is 1. The number of carbonyl (C=O) groups excluding carboxylic acids is 1. The molecule has 0 aliphatic heterocycles. The fourth-order valence-electron chi connectivity index (χ4n) is 7.93. The summed E-state index contributed by atoms with van der Waals surface area (Å²) < 4.78 is 1.80. The number of rotatable bonds is 8. The molecule has 0 unspecified atom stereocenters. The van der Waals surface area contributed by atoms with Gasteiger partial charge in [-0.2, -0.15) is 5.10 Å². The van der Waals surface area contributed by atoms with Gasteiger partial charge >= 0.3 is 0 Å². The topological polar surface area (TPSA) is 55.1 Å². The van der Waals surface area contributed by atoms with E-state index in [9.17, 15) is 9.90 Å². The van der Waals surface area contributed by atoms with Crippen LogP contribution in [0, 0.1) is 40.9 Å². The highest BCUT2D eigenvalue weighted by Gasteiger charge is 2.57. The van der Waals surface area contributed by atoms with E-state index in [0.29, 0.717) is 24.9 Å². The molecule has 0 radical (unpaired) electrons. The van der Waals surface area contributed by atoms with Gasteiger partial charge in [0, 0.05) is 24.9 Å². The molecule has 0 spiro atoms. The van der Waals surface area contributed by atoms with Crippen LogP contribution in [0.3, 0.4) is 0 Å². The van der Waals surface area contributed by atoms with Gasteiger partial charge in [-0.05, 0) is 92.4 Å². The average molecular weight is 401 g/mol. The molecule has 1 aromatic rings. The van der Waals surface area contributed by atoms with Crippen molar-refractivity contribution in [3.05, 3.63) is 18.5 Å². The van der Waals surface area contributed by atoms with Crippen molar-refractivity contribution in [2.75, 3.05) is 6.61 Å². The van der Waals surface area contributed by atoms with Crippen molar-refractivity contribution in [1.29, 1.82) is 0 Å². The molecule has 3 aliphatic rings. The number of aromatic nitrogens is 2. The van der Waals surface area contributed by atoms with Crippen LogP contribution in [0.5, 0.6) is 0 Å². The monoisotopic (exact) mass is 400 g/mol. The number of aliphatic hydroxyl groups is 1. The smallest absolute Gasteiger partial charge is 0.157 e. The predicted molar refractivity (Wildman–Crippen MR) is 115 cm³/mol. The minimum atomic E-state index is 0.185. The molecule has 1 aromatic heterocycles. The molecule has 7 atom stereocenters. The van der Waals surface area contributed by atoms with Gasteiger partial charge in [0.2, 0.25) is 0 Å². The van der Waals surface area contributed by atoms with Gasteiger partial charge in [-0.1, -0.05) is 26.7 Å². The lowest BCUT2D eigenvalue weighted by Gasteiger charge is -2.54. The summed E-state index contributed by atoms with van der Waals surface area (Å²) in [6.45, 7) is 5.52. The van der Waals surface area contributed by atoms with E-state index in [1.165, 1.54) is 51.4 Å². The number of nitrogens with zero attached hydrogens (tertiary/aromatic N) is 2. The zero-order chi connectivity index (χ0) is 20.4. The second kappa shape index (κ2) is 8.91. The van der Waals surface area contributed by atoms with E-state index in [-0.39, 0.29) is 11.3 Å². The lowest BCUT2D eigenvalue weighted by atomic mass is 9.50. The fraction of sp³-hybridized carbons (Fsp3) is 0.840. The van der Waals surface area contributed by atoms with Crippen molar-refractivity contribution in [3.63, 3.8) is 0 Å². The first kappa shape index (κ1) is 21.1. The van der Waals surface area contributed by atoms with Gasteiger partial charge in [-0.3, -0.25) is 9.48 Å². The maximum absolute atomic E-state index is 13.2. The summed E-state index contributed by atoms with van der Waals surface area (Å²) in [7, 11) is 0. The maximum atomic E-state index is 13.2. The molecule has 0 aromatic carbocycles. The van der Waals surface area contributed by atoms with Crippen molar-refractivity contribution >= 4 is 5.78 Å². The maximum Gasteiger partial charge on any atom is 0.157 e. The highest BCUT2D eigenvalue weighted by atomic mass is 16.2. The molecule has 3 saturated carbocycles. The largest absolute Gasteiger partial charge is 0.396 e. The van der Waals surface area contributed by atoms with Crippen molar-refractivity contribution < 1.29 is 9.90 Å². The summed E-state index contributed by atoms with van der Waals surface area (Å²) in [5.74, 6) is 4.60. The molecule has 4 heteroatoms. The molecule has 3 fully saturated rings. The van der Waals surface area contributed by atoms with Crippen LogP contribution in [0.4, 0.5) is 0 Å². The Kier molecular flexibility index (Phi) is 6.48. The number of fused-ring (bicyclic) bond motifs is 3. The van der Waals surface area contributed by atoms with E-state index in [1.54, 1.807) is 10.9 Å². The minimum Gasteiger partial charge on any atom is -0.396 e. The lowest BCUT2D eigenvalue weighted by molar-refractivity contribution is -0.130. The first-order valence-electron chi connectivity index (χ1n) is 12.2. The van der Waals surface area contributed by atoms with E-state index in [4.69, 9.17) is 0 Å². The summed E-state index contributed by atoms with van der Waals surface area (Å²) in [5.41, 5.74) is 0.185. The van der Waals surface area contributed by atoms with Crippen LogP contribution in [-0.4, -0.2) is 27.3 Å². The Balaban J connectivity index is 1.49. The first-order chi connectivity index (χ1) is 14.1. The Hall–Kier alpha value is -1.16. The molecule has 1 N–H and O–H groups in total. The van der Waals surface area contributed by atoms with Crippen LogP contribution < -0.4 is 0 Å². The minimum absolute atomic E-state index is 0.185. The Morgan fingerprint density at radius 1 is 1.17 bits per heavy atom. The van der Waals surface area contributed by atoms with Crippen LogP contribution >= 0.6 is 0 Å². The van der Waals surface area contributed by atoms with Crippen molar-refractivity contribution in [3.8, 4) is 0 Å². The third-order valence-electron chi connectivity index (χ3n) is 9.14. The van der Waals surface area contributed by atoms with E-state index in [1.807, 2.05) is 12.3 Å². The molecule has 162 valence electrons. The van der Waals surface area contributed by atoms with Gasteiger partial charge in [0.05, 0.1) is 6.54 Å². The molecule has 4 nitrogen and oxygen atoms in total. The second-order valence-corrected chi connectivity index (χ2v) is 10.4. The summed E-state index contributed by atoms with van der Waals surface area (Å²) in [6, 6.07) is 1.90. The number of aliphatic hydroxyl groups excluding tert-OH is 1. The summed E-state index contributed by atoms with van der Waals surface area (Å²) in [5, 5.41) is 13.7. The fourth-order valence-corrected chi connectivity index (χ4v) is 7.93. The molecule has 0 amide bonds. The standard InChI is InChI=1S/C25H40N2O2/c1-3-6-18-8-9-21-20(19(18)7-4-16-28)12-13-25(2)22(21)10-11-23(25)24(29)17-27-15-5-14-26-27/h5,14-15,18-23,28H,3-4,6-13,16-17H2,1-2H3/t18-,19+,20-,21-,22+,23-,25+/m1/s1. The van der Waals surface area contributed by atoms with Crippen LogP contribution in [0.2, 0.25) is 0 Å². The Morgan fingerprint density at radius 2 is 2.03 bits per heavy atom. The third-order valence-corrected chi connectivity index (χ3v) is 9.14. The van der Waals surface area contributed by atoms with Crippen LogP contribution in [0.25, 0.3) is 0 Å². The highest BCUT2D eigenvalue weighted by molar-refractivity contribution is 5.82. The zero-order valence-electron chi connectivity index (χ0n) is 18.4. The molecule has 3 aliphatic carbocycles. The average Bonchev–Trinajstić information content (AvgIpc) is 3.34. The highest BCUT2D eigenvalue weighted by Crippen LogP contribution is 2.63. The number of ketones is 1. The summed E-state index contributed by atoms with van der Waals surface area (Å²) in [6.07, 6.45) is 16.0. The predicted octanol–water partition coefficient (Wildman–Crippen LogP) is 5.11. The Morgan fingerprint density at radius 3 is 2.76 bits per heavy atom. The molecule has 29 heavy (non-hydrogen) atoms. The number of hydrogen-bond acceptors (Lipinski definition) is 3. The van der Waals surface area contributed by atoms with Crippen molar-refractivity contribution in [2.45, 2.75) is 84.6 Å². The Bertz CT molecular complexity index is 672. The summed E-state index contributed by atoms with van der Waals surface area (Å²) in [4.78, 5) is 13.2. The molecule has 0 saturated heterocycles. The molecular formula is C25H40N2O2. The lowest BCUT2D eigenvalue weighted by Crippen LogP contribution is -2.48. The number of carbonyl (C=O) groups is 1. The van der Waals surface area contributed by atoms with E-state index >= 15 is 0 Å². The van der Waals surface area contributed by atoms with Crippen LogP contribution in [0.1, 0.15) is 78.1 Å². The van der Waals surface area contributed by atoms with E-state index in [0.717, 1.165) is 36.5 Å². The molecule has 0 bridgehead atoms. The first-order valence-corrected chi connectivity index (χ1v) is 12.2. The third kappa shape index (κ3) is 3.94. The van der Waals surface area contributed by atoms with Crippen molar-refractivity contribution in [1.82, 2.24) is 9.78 Å². The van der Waals surface area contributed by atoms with E-state index < -0.39 is 0 Å². The van der Waals surface area contributed by atoms with Gasteiger partial charge in [-0.15, -0.1) is 0 Å². The SMILES string of the molecule is CCC[C@@H]1CC[C@@H]2[C@H](CC[C@]3(C)[C@@H](C(=O)Cn4cccn4)CC[C@@H]23)[C@H]1CCCO. The zero-order valence-corrected chi connectivity index (χ0v) is 18.4. The molecular weight excluding hydrogens is 360 g/mol. The van der Waals surface area contributed by atoms with Crippen LogP contribution in [-0.2, 0) is 11.3 Å². The van der Waals surface area contributed by atoms with E-state index in [2.05, 4.69) is 18.9 Å². The van der Waals surface area contributed by atoms with Gasteiger partial charge < -0.3 is 5.11 Å². The second-order valence-electron chi connectivity index (χ2n) is 10.4. The number of hydrogen-bond donors (Lipinski definition) is 1.